The van der Waals surface area contributed by atoms with Gasteiger partial charge >= 0.3 is 0 Å². The van der Waals surface area contributed by atoms with Crippen LogP contribution < -0.4 is 0 Å². The average Bonchev–Trinajstić information content (AvgIpc) is 3.21. The van der Waals surface area contributed by atoms with Crippen molar-refractivity contribution in [3.8, 4) is 5.69 Å². The highest BCUT2D eigenvalue weighted by molar-refractivity contribution is 14.1. The minimum Gasteiger partial charge on any atom is -0.381 e. The normalized spacial score (nSPS) is 17.6. The quantitative estimate of drug-likeness (QED) is 0.356. The van der Waals surface area contributed by atoms with Gasteiger partial charge in [0.2, 0.25) is 0 Å². The van der Waals surface area contributed by atoms with Gasteiger partial charge in [0, 0.05) is 51.4 Å². The Bertz CT molecular complexity index is 1210. The van der Waals surface area contributed by atoms with E-state index in [4.69, 9.17) is 4.74 Å². The maximum atomic E-state index is 14.1. The number of hydrogen-bond acceptors (Lipinski definition) is 2. The molecular weight excluding hydrogens is 475 g/mol. The van der Waals surface area contributed by atoms with Gasteiger partial charge in [0.1, 0.15) is 0 Å². The van der Waals surface area contributed by atoms with E-state index in [1.165, 1.54) is 12.1 Å². The van der Waals surface area contributed by atoms with Gasteiger partial charge in [-0.15, -0.1) is 0 Å². The molecule has 1 aliphatic heterocycles. The van der Waals surface area contributed by atoms with Gasteiger partial charge in [-0.1, -0.05) is 0 Å². The van der Waals surface area contributed by atoms with Crippen molar-refractivity contribution in [3.63, 3.8) is 0 Å². The summed E-state index contributed by atoms with van der Waals surface area (Å²) in [7, 11) is 1.92. The van der Waals surface area contributed by atoms with Crippen LogP contribution in [0.4, 0.5) is 8.78 Å². The van der Waals surface area contributed by atoms with Crippen LogP contribution in [0.2, 0.25) is 0 Å². The topological polar surface area (TPSA) is 32.0 Å². The third kappa shape index (κ3) is 2.75. The van der Waals surface area contributed by atoms with E-state index in [2.05, 4.69) is 44.4 Å². The second-order valence-electron chi connectivity index (χ2n) is 7.24. The molecule has 0 amide bonds. The number of benzene rings is 2. The zero-order valence-electron chi connectivity index (χ0n) is 15.3. The molecule has 0 N–H and O–H groups in total. The van der Waals surface area contributed by atoms with Crippen LogP contribution >= 0.6 is 22.6 Å². The fourth-order valence-electron chi connectivity index (χ4n) is 4.13. The van der Waals surface area contributed by atoms with E-state index in [-0.39, 0.29) is 5.92 Å². The molecule has 0 saturated carbocycles. The lowest BCUT2D eigenvalue weighted by molar-refractivity contribution is 0.0787. The number of ether oxygens (including phenoxy) is 1. The fraction of sp³-hybridized carbons (Fsp3) is 0.286. The van der Waals surface area contributed by atoms with Gasteiger partial charge in [0.15, 0.2) is 11.6 Å². The molecule has 0 radical (unpaired) electrons. The molecule has 7 heteroatoms. The largest absolute Gasteiger partial charge is 0.381 e. The summed E-state index contributed by atoms with van der Waals surface area (Å²) in [4.78, 5) is 0. The van der Waals surface area contributed by atoms with Crippen LogP contribution in [0.5, 0.6) is 0 Å². The Morgan fingerprint density at radius 1 is 1.14 bits per heavy atom. The van der Waals surface area contributed by atoms with Crippen molar-refractivity contribution < 1.29 is 13.5 Å². The molecule has 5 rings (SSSR count). The predicted octanol–water partition coefficient (Wildman–Crippen LogP) is 5.29. The Balaban J connectivity index is 1.85. The van der Waals surface area contributed by atoms with E-state index in [0.717, 1.165) is 50.5 Å². The molecule has 1 saturated heterocycles. The second-order valence-corrected chi connectivity index (χ2v) is 8.32. The highest BCUT2D eigenvalue weighted by atomic mass is 127. The minimum absolute atomic E-state index is 0.211. The number of fused-ring (bicyclic) bond motifs is 2. The zero-order valence-corrected chi connectivity index (χ0v) is 17.4. The predicted molar refractivity (Wildman–Crippen MR) is 113 cm³/mol. The lowest BCUT2D eigenvalue weighted by Gasteiger charge is -2.24. The maximum Gasteiger partial charge on any atom is 0.160 e. The van der Waals surface area contributed by atoms with Gasteiger partial charge < -0.3 is 9.30 Å². The summed E-state index contributed by atoms with van der Waals surface area (Å²) in [6.07, 6.45) is 3.83. The summed E-state index contributed by atoms with van der Waals surface area (Å²) < 4.78 is 38.4. The lowest BCUT2D eigenvalue weighted by Crippen LogP contribution is -2.19. The summed E-state index contributed by atoms with van der Waals surface area (Å²) in [6.45, 7) is 1.41. The molecule has 3 heterocycles. The molecule has 4 aromatic rings. The maximum absolute atomic E-state index is 14.1. The van der Waals surface area contributed by atoms with Crippen LogP contribution in [0.1, 0.15) is 24.5 Å². The third-order valence-electron chi connectivity index (χ3n) is 5.52. The molecule has 0 aliphatic carbocycles. The Kier molecular flexibility index (Phi) is 4.39. The number of nitrogens with zero attached hydrogens (tertiary/aromatic N) is 3. The van der Waals surface area contributed by atoms with Gasteiger partial charge in [-0.25, -0.2) is 8.78 Å². The minimum atomic E-state index is -0.845. The van der Waals surface area contributed by atoms with E-state index in [1.54, 1.807) is 6.07 Å². The van der Waals surface area contributed by atoms with Gasteiger partial charge in [-0.3, -0.25) is 4.68 Å². The van der Waals surface area contributed by atoms with Gasteiger partial charge in [0.05, 0.1) is 23.8 Å². The molecular formula is C21H18F2IN3O. The van der Waals surface area contributed by atoms with Crippen LogP contribution in [0.25, 0.3) is 27.5 Å². The highest BCUT2D eigenvalue weighted by Gasteiger charge is 2.27. The van der Waals surface area contributed by atoms with Crippen LogP contribution in [-0.4, -0.2) is 27.6 Å². The number of halogens is 3. The molecule has 1 fully saturated rings. The number of hydrogen-bond donors (Lipinski definition) is 0. The molecule has 2 aromatic heterocycles. The lowest BCUT2D eigenvalue weighted by atomic mass is 9.98. The van der Waals surface area contributed by atoms with Crippen LogP contribution in [-0.2, 0) is 11.8 Å². The fourth-order valence-corrected chi connectivity index (χ4v) is 5.25. The van der Waals surface area contributed by atoms with E-state index in [1.807, 2.05) is 17.9 Å². The Morgan fingerprint density at radius 2 is 2.00 bits per heavy atom. The summed E-state index contributed by atoms with van der Waals surface area (Å²) in [5, 5.41) is 6.44. The van der Waals surface area contributed by atoms with Gasteiger partial charge in [0.25, 0.3) is 0 Å². The summed E-state index contributed by atoms with van der Waals surface area (Å²) in [5.74, 6) is -1.47. The van der Waals surface area contributed by atoms with Gasteiger partial charge in [-0.05, 0) is 59.7 Å². The standard InChI is InChI=1S/C21H18F2IN3O/c1-26-18-9-15-19(7-13(18)10-25-26)27(14-4-5-16(22)17(23)8-14)21(20(15)24)12-3-2-6-28-11-12/h4-5,7-10,12H,2-3,6,11H2,1H3. The first-order chi connectivity index (χ1) is 13.5. The number of rotatable bonds is 2. The van der Waals surface area contributed by atoms with Crippen molar-refractivity contribution in [1.29, 1.82) is 0 Å². The first-order valence-electron chi connectivity index (χ1n) is 9.23. The monoisotopic (exact) mass is 493 g/mol. The summed E-state index contributed by atoms with van der Waals surface area (Å²) >= 11 is 2.37. The smallest absolute Gasteiger partial charge is 0.160 e. The summed E-state index contributed by atoms with van der Waals surface area (Å²) in [5.41, 5.74) is 3.73. The van der Waals surface area contributed by atoms with Gasteiger partial charge in [-0.2, -0.15) is 5.10 Å². The van der Waals surface area contributed by atoms with Crippen LogP contribution in [0.15, 0.2) is 36.5 Å². The van der Waals surface area contributed by atoms with Crippen molar-refractivity contribution in [2.24, 2.45) is 7.05 Å². The Morgan fingerprint density at radius 3 is 2.75 bits per heavy atom. The molecule has 144 valence electrons. The Labute approximate surface area is 174 Å². The van der Waals surface area contributed by atoms with E-state index < -0.39 is 11.6 Å². The molecule has 1 aliphatic rings. The highest BCUT2D eigenvalue weighted by Crippen LogP contribution is 2.39. The van der Waals surface area contributed by atoms with Crippen molar-refractivity contribution in [3.05, 3.63) is 57.4 Å². The van der Waals surface area contributed by atoms with Crippen LogP contribution in [0.3, 0.4) is 0 Å². The van der Waals surface area contributed by atoms with Crippen molar-refractivity contribution >= 4 is 44.4 Å². The van der Waals surface area contributed by atoms with E-state index in [0.29, 0.717) is 12.3 Å². The van der Waals surface area contributed by atoms with E-state index in [9.17, 15) is 8.78 Å². The number of aromatic nitrogens is 3. The third-order valence-corrected chi connectivity index (χ3v) is 6.65. The van der Waals surface area contributed by atoms with E-state index >= 15 is 0 Å². The average molecular weight is 493 g/mol. The Hall–Kier alpha value is -2.00. The first-order valence-corrected chi connectivity index (χ1v) is 10.3. The van der Waals surface area contributed by atoms with Crippen molar-refractivity contribution in [2.75, 3.05) is 13.2 Å². The van der Waals surface area contributed by atoms with Crippen LogP contribution in [0, 0.1) is 15.2 Å². The second kappa shape index (κ2) is 6.81. The molecule has 4 nitrogen and oxygen atoms in total. The molecule has 28 heavy (non-hydrogen) atoms. The zero-order chi connectivity index (χ0) is 19.4. The van der Waals surface area contributed by atoms with Crippen molar-refractivity contribution in [2.45, 2.75) is 18.8 Å². The molecule has 1 unspecified atom stereocenters. The molecule has 0 bridgehead atoms. The summed E-state index contributed by atoms with van der Waals surface area (Å²) in [6, 6.07) is 8.30. The molecule has 1 atom stereocenters. The first kappa shape index (κ1) is 18.1. The molecule has 0 spiro atoms. The molecule has 2 aromatic carbocycles. The number of aryl methyl sites for hydroxylation is 1. The van der Waals surface area contributed by atoms with Crippen molar-refractivity contribution in [1.82, 2.24) is 14.3 Å². The SMILES string of the molecule is Cn1ncc2cc3c(cc21)c(I)c(C1CCCOC1)n3-c1ccc(F)c(F)c1.